The van der Waals surface area contributed by atoms with E-state index < -0.39 is 0 Å². The fourth-order valence-corrected chi connectivity index (χ4v) is 1.46. The van der Waals surface area contributed by atoms with Gasteiger partial charge in [0, 0.05) is 5.69 Å². The Hall–Kier alpha value is -3.10. The van der Waals surface area contributed by atoms with Crippen molar-refractivity contribution in [2.75, 3.05) is 0 Å². The van der Waals surface area contributed by atoms with Crippen molar-refractivity contribution < 1.29 is 0 Å². The first-order chi connectivity index (χ1) is 8.30. The Bertz CT molecular complexity index is 691. The van der Waals surface area contributed by atoms with Crippen LogP contribution in [0.4, 0.5) is 0 Å². The molecule has 0 spiro atoms. The van der Waals surface area contributed by atoms with Gasteiger partial charge in [0.2, 0.25) is 0 Å². The van der Waals surface area contributed by atoms with E-state index in [1.807, 2.05) is 18.2 Å². The fraction of sp³-hybridized carbons (Fsp3) is 0. The molecule has 0 aliphatic heterocycles. The van der Waals surface area contributed by atoms with Gasteiger partial charge in [0.05, 0.1) is 11.6 Å². The minimum Gasteiger partial charge on any atom is -0.289 e. The van der Waals surface area contributed by atoms with Gasteiger partial charge in [0.15, 0.2) is 11.4 Å². The highest BCUT2D eigenvalue weighted by Gasteiger charge is 2.11. The van der Waals surface area contributed by atoms with Crippen LogP contribution >= 0.6 is 0 Å². The summed E-state index contributed by atoms with van der Waals surface area (Å²) in [5, 5.41) is 26.6. The molecule has 0 aliphatic rings. The molecule has 78 valence electrons. The number of aromatic nitrogens is 2. The molecule has 0 aliphatic carbocycles. The van der Waals surface area contributed by atoms with Crippen molar-refractivity contribution in [3.8, 4) is 23.9 Å². The lowest BCUT2D eigenvalue weighted by Gasteiger charge is -2.03. The second-order valence-corrected chi connectivity index (χ2v) is 3.20. The van der Waals surface area contributed by atoms with Gasteiger partial charge in [-0.15, -0.1) is 0 Å². The lowest BCUT2D eigenvalue weighted by molar-refractivity contribution is 1.03. The molecule has 0 atom stereocenters. The average Bonchev–Trinajstić information content (AvgIpc) is 2.81. The molecule has 0 fully saturated rings. The van der Waals surface area contributed by atoms with Gasteiger partial charge in [-0.25, -0.2) is 4.98 Å². The van der Waals surface area contributed by atoms with Crippen LogP contribution in [0.2, 0.25) is 0 Å². The highest BCUT2D eigenvalue weighted by Crippen LogP contribution is 2.15. The summed E-state index contributed by atoms with van der Waals surface area (Å²) in [5.74, 6) is 0. The number of imidazole rings is 1. The molecule has 1 aromatic heterocycles. The second kappa shape index (κ2) is 4.18. The number of nitriles is 3. The number of nitrogens with zero attached hydrogens (tertiary/aromatic N) is 5. The van der Waals surface area contributed by atoms with Crippen molar-refractivity contribution in [1.29, 1.82) is 15.8 Å². The molecule has 0 bridgehead atoms. The van der Waals surface area contributed by atoms with Gasteiger partial charge in [0.25, 0.3) is 0 Å². The predicted molar refractivity (Wildman–Crippen MR) is 57.7 cm³/mol. The van der Waals surface area contributed by atoms with Crippen molar-refractivity contribution in [3.63, 3.8) is 0 Å². The van der Waals surface area contributed by atoms with Crippen molar-refractivity contribution in [3.05, 3.63) is 47.5 Å². The van der Waals surface area contributed by atoms with Crippen LogP contribution in [0.1, 0.15) is 17.0 Å². The Labute approximate surface area is 97.4 Å². The molecule has 5 nitrogen and oxygen atoms in total. The van der Waals surface area contributed by atoms with E-state index in [0.29, 0.717) is 11.3 Å². The Balaban J connectivity index is 2.63. The molecule has 0 amide bonds. The molecule has 5 heteroatoms. The predicted octanol–water partition coefficient (Wildman–Crippen LogP) is 1.49. The minimum atomic E-state index is 0.0786. The van der Waals surface area contributed by atoms with Crippen LogP contribution in [0.25, 0.3) is 5.69 Å². The summed E-state index contributed by atoms with van der Waals surface area (Å²) in [6.45, 7) is 0. The monoisotopic (exact) mass is 219 g/mol. The standard InChI is InChI=1S/C12H5N5/c13-5-9-2-1-3-10(4-9)17-8-16-11(6-14)12(17)7-15/h1-4,8H. The lowest BCUT2D eigenvalue weighted by atomic mass is 10.2. The average molecular weight is 219 g/mol. The van der Waals surface area contributed by atoms with Crippen LogP contribution in [0.15, 0.2) is 30.6 Å². The topological polar surface area (TPSA) is 89.2 Å². The van der Waals surface area contributed by atoms with Gasteiger partial charge in [-0.3, -0.25) is 4.57 Å². The molecule has 0 unspecified atom stereocenters. The van der Waals surface area contributed by atoms with Crippen LogP contribution in [-0.4, -0.2) is 9.55 Å². The minimum absolute atomic E-state index is 0.0786. The zero-order valence-corrected chi connectivity index (χ0v) is 8.62. The van der Waals surface area contributed by atoms with Gasteiger partial charge in [-0.05, 0) is 18.2 Å². The Morgan fingerprint density at radius 3 is 2.53 bits per heavy atom. The highest BCUT2D eigenvalue weighted by atomic mass is 15.1. The van der Waals surface area contributed by atoms with Crippen molar-refractivity contribution in [2.45, 2.75) is 0 Å². The van der Waals surface area contributed by atoms with E-state index in [1.54, 1.807) is 24.3 Å². The first kappa shape index (κ1) is 10.4. The highest BCUT2D eigenvalue weighted by molar-refractivity contribution is 5.47. The summed E-state index contributed by atoms with van der Waals surface area (Å²) in [7, 11) is 0. The zero-order chi connectivity index (χ0) is 12.3. The summed E-state index contributed by atoms with van der Waals surface area (Å²) in [4.78, 5) is 3.83. The zero-order valence-electron chi connectivity index (χ0n) is 8.62. The normalized spacial score (nSPS) is 9.00. The van der Waals surface area contributed by atoms with Gasteiger partial charge < -0.3 is 0 Å². The van der Waals surface area contributed by atoms with Crippen molar-refractivity contribution in [2.24, 2.45) is 0 Å². The van der Waals surface area contributed by atoms with Crippen LogP contribution < -0.4 is 0 Å². The Morgan fingerprint density at radius 1 is 1.06 bits per heavy atom. The third-order valence-electron chi connectivity index (χ3n) is 2.23. The third-order valence-corrected chi connectivity index (χ3v) is 2.23. The van der Waals surface area contributed by atoms with E-state index in [9.17, 15) is 0 Å². The van der Waals surface area contributed by atoms with E-state index >= 15 is 0 Å². The van der Waals surface area contributed by atoms with Crippen LogP contribution in [0.3, 0.4) is 0 Å². The number of rotatable bonds is 1. The summed E-state index contributed by atoms with van der Waals surface area (Å²) < 4.78 is 1.49. The van der Waals surface area contributed by atoms with Gasteiger partial charge in [-0.1, -0.05) is 6.07 Å². The molecule has 0 saturated carbocycles. The van der Waals surface area contributed by atoms with Crippen LogP contribution in [0.5, 0.6) is 0 Å². The summed E-state index contributed by atoms with van der Waals surface area (Å²) >= 11 is 0. The molecule has 17 heavy (non-hydrogen) atoms. The summed E-state index contributed by atoms with van der Waals surface area (Å²) in [6.07, 6.45) is 1.40. The fourth-order valence-electron chi connectivity index (χ4n) is 1.46. The van der Waals surface area contributed by atoms with E-state index in [0.717, 1.165) is 0 Å². The third kappa shape index (κ3) is 1.71. The Morgan fingerprint density at radius 2 is 1.88 bits per heavy atom. The van der Waals surface area contributed by atoms with E-state index in [1.165, 1.54) is 10.9 Å². The molecule has 2 aromatic rings. The molecular weight excluding hydrogens is 214 g/mol. The molecule has 1 heterocycles. The number of hydrogen-bond donors (Lipinski definition) is 0. The van der Waals surface area contributed by atoms with Crippen LogP contribution in [0, 0.1) is 34.0 Å². The summed E-state index contributed by atoms with van der Waals surface area (Å²) in [5.41, 5.74) is 1.37. The Kier molecular flexibility index (Phi) is 2.56. The van der Waals surface area contributed by atoms with Gasteiger partial charge in [-0.2, -0.15) is 15.8 Å². The van der Waals surface area contributed by atoms with Crippen LogP contribution in [-0.2, 0) is 0 Å². The van der Waals surface area contributed by atoms with Crippen molar-refractivity contribution >= 4 is 0 Å². The van der Waals surface area contributed by atoms with E-state index in [4.69, 9.17) is 15.8 Å². The smallest absolute Gasteiger partial charge is 0.177 e. The number of benzene rings is 1. The molecule has 0 saturated heterocycles. The molecule has 1 aromatic carbocycles. The van der Waals surface area contributed by atoms with Crippen molar-refractivity contribution in [1.82, 2.24) is 9.55 Å². The molecule has 0 N–H and O–H groups in total. The largest absolute Gasteiger partial charge is 0.289 e. The summed E-state index contributed by atoms with van der Waals surface area (Å²) in [6, 6.07) is 12.5. The number of hydrogen-bond acceptors (Lipinski definition) is 4. The first-order valence-electron chi connectivity index (χ1n) is 4.68. The van der Waals surface area contributed by atoms with Gasteiger partial charge >= 0.3 is 0 Å². The van der Waals surface area contributed by atoms with E-state index in [-0.39, 0.29) is 11.4 Å². The van der Waals surface area contributed by atoms with E-state index in [2.05, 4.69) is 4.98 Å². The first-order valence-corrected chi connectivity index (χ1v) is 4.68. The molecule has 2 rings (SSSR count). The maximum atomic E-state index is 8.98. The second-order valence-electron chi connectivity index (χ2n) is 3.20. The SMILES string of the molecule is N#Cc1cccc(-n2cnc(C#N)c2C#N)c1. The maximum Gasteiger partial charge on any atom is 0.177 e. The maximum absolute atomic E-state index is 8.98. The molecular formula is C12H5N5. The van der Waals surface area contributed by atoms with Gasteiger partial charge in [0.1, 0.15) is 18.5 Å². The quantitative estimate of drug-likeness (QED) is 0.726. The molecule has 0 radical (unpaired) electrons. The lowest BCUT2D eigenvalue weighted by Crippen LogP contribution is -1.96.